The van der Waals surface area contributed by atoms with Crippen molar-refractivity contribution in [2.45, 2.75) is 127 Å². The fourth-order valence-corrected chi connectivity index (χ4v) is 7.23. The van der Waals surface area contributed by atoms with Crippen LogP contribution in [0.1, 0.15) is 78.2 Å². The van der Waals surface area contributed by atoms with Gasteiger partial charge in [-0.05, 0) is 55.2 Å². The number of phenols is 1. The number of nitrogens with one attached hydrogen (secondary N) is 6. The van der Waals surface area contributed by atoms with Crippen molar-refractivity contribution in [2.75, 3.05) is 18.1 Å². The molecule has 1 saturated heterocycles. The van der Waals surface area contributed by atoms with Crippen molar-refractivity contribution in [1.29, 1.82) is 0 Å². The van der Waals surface area contributed by atoms with E-state index in [-0.39, 0.29) is 49.0 Å². The molecule has 1 aliphatic heterocycles. The maximum atomic E-state index is 14.0. The second-order valence-electron chi connectivity index (χ2n) is 16.4. The van der Waals surface area contributed by atoms with Crippen LogP contribution < -0.4 is 49.1 Å². The van der Waals surface area contributed by atoms with E-state index >= 15 is 0 Å². The van der Waals surface area contributed by atoms with Crippen LogP contribution in [0.4, 0.5) is 0 Å². The summed E-state index contributed by atoms with van der Waals surface area (Å²) in [5, 5.41) is 34.3. The van der Waals surface area contributed by atoms with Gasteiger partial charge in [0.25, 0.3) is 0 Å². The van der Waals surface area contributed by atoms with E-state index in [0.29, 0.717) is 18.4 Å². The molecule has 1 aliphatic rings. The molecule has 2 rings (SSSR count). The third-order valence-corrected chi connectivity index (χ3v) is 11.4. The van der Waals surface area contributed by atoms with Gasteiger partial charge in [-0.25, -0.2) is 4.79 Å². The minimum Gasteiger partial charge on any atom is -0.508 e. The van der Waals surface area contributed by atoms with Crippen LogP contribution in [0.3, 0.4) is 0 Å². The molecule has 0 radical (unpaired) electrons. The van der Waals surface area contributed by atoms with Crippen LogP contribution in [0.25, 0.3) is 0 Å². The number of amides is 9. The van der Waals surface area contributed by atoms with Gasteiger partial charge in [-0.3, -0.25) is 43.2 Å². The molecule has 1 fully saturated rings. The molecule has 0 aliphatic carbocycles. The zero-order valence-electron chi connectivity index (χ0n) is 36.9. The minimum absolute atomic E-state index is 0.0387. The molecule has 0 aromatic heterocycles. The monoisotopic (exact) mass is 952 g/mol. The molecular weight excluding hydrogens is 889 g/mol. The third kappa shape index (κ3) is 18.1. The van der Waals surface area contributed by atoms with Gasteiger partial charge in [-0.1, -0.05) is 46.2 Å². The number of thiol groups is 2. The Labute approximate surface area is 388 Å². The summed E-state index contributed by atoms with van der Waals surface area (Å²) >= 11 is 8.25. The van der Waals surface area contributed by atoms with Crippen molar-refractivity contribution in [1.82, 2.24) is 36.8 Å². The molecule has 0 unspecified atom stereocenters. The summed E-state index contributed by atoms with van der Waals surface area (Å²) in [6.45, 7) is 7.04. The number of hydrogen-bond acceptors (Lipinski definition) is 14. The molecule has 1 heterocycles. The van der Waals surface area contributed by atoms with E-state index in [9.17, 15) is 58.2 Å². The second-order valence-corrected chi connectivity index (χ2v) is 17.1. The van der Waals surface area contributed by atoms with Gasteiger partial charge in [-0.15, -0.1) is 0 Å². The highest BCUT2D eigenvalue weighted by molar-refractivity contribution is 7.80. The Kier molecular flexibility index (Phi) is 23.1. The number of rotatable bonds is 27. The van der Waals surface area contributed by atoms with Crippen LogP contribution in [0.5, 0.6) is 5.75 Å². The molecule has 9 atom stereocenters. The van der Waals surface area contributed by atoms with E-state index in [0.717, 1.165) is 0 Å². The van der Waals surface area contributed by atoms with E-state index in [2.05, 4.69) is 57.2 Å². The second kappa shape index (κ2) is 27.0. The average molecular weight is 953 g/mol. The first-order chi connectivity index (χ1) is 30.5. The topological polar surface area (TPSA) is 365 Å². The number of nitrogens with zero attached hydrogens (tertiary/aromatic N) is 1. The van der Waals surface area contributed by atoms with Crippen molar-refractivity contribution in [3.8, 4) is 5.75 Å². The first-order valence-electron chi connectivity index (χ1n) is 21.2. The highest BCUT2D eigenvalue weighted by Crippen LogP contribution is 2.20. The van der Waals surface area contributed by atoms with Crippen LogP contribution in [0.15, 0.2) is 24.3 Å². The first-order valence-corrected chi connectivity index (χ1v) is 22.5. The molecule has 0 saturated carbocycles. The van der Waals surface area contributed by atoms with Crippen LogP contribution in [0.2, 0.25) is 0 Å². The molecule has 9 amide bonds. The minimum atomic E-state index is -1.74. The van der Waals surface area contributed by atoms with E-state index in [1.165, 1.54) is 29.2 Å². The largest absolute Gasteiger partial charge is 0.508 e. The highest BCUT2D eigenvalue weighted by Gasteiger charge is 2.40. The van der Waals surface area contributed by atoms with Crippen molar-refractivity contribution in [3.05, 3.63) is 29.8 Å². The van der Waals surface area contributed by atoms with Gasteiger partial charge in [0.1, 0.15) is 48.0 Å². The van der Waals surface area contributed by atoms with Gasteiger partial charge in [0.15, 0.2) is 0 Å². The van der Waals surface area contributed by atoms with E-state index < -0.39 is 133 Å². The van der Waals surface area contributed by atoms with Crippen LogP contribution >= 0.6 is 25.3 Å². The summed E-state index contributed by atoms with van der Waals surface area (Å²) in [5.41, 5.74) is 17.2. The van der Waals surface area contributed by atoms with Crippen LogP contribution in [0, 0.1) is 11.8 Å². The number of likely N-dealkylation sites (tertiary alicyclic amines) is 1. The zero-order valence-corrected chi connectivity index (χ0v) is 38.7. The Morgan fingerprint density at radius 1 is 0.738 bits per heavy atom. The fraction of sp³-hybridized carbons (Fsp3) is 0.610. The van der Waals surface area contributed by atoms with Gasteiger partial charge in [-0.2, -0.15) is 25.3 Å². The lowest BCUT2D eigenvalue weighted by molar-refractivity contribution is -0.145. The Hall–Kier alpha value is -5.62. The van der Waals surface area contributed by atoms with Crippen molar-refractivity contribution in [3.63, 3.8) is 0 Å². The van der Waals surface area contributed by atoms with Gasteiger partial charge in [0.05, 0.1) is 12.5 Å². The van der Waals surface area contributed by atoms with Crippen LogP contribution in [-0.4, -0.2) is 141 Å². The third-order valence-electron chi connectivity index (χ3n) is 10.6. The summed E-state index contributed by atoms with van der Waals surface area (Å²) < 4.78 is 0. The number of hydrogen-bond donors (Lipinski definition) is 13. The van der Waals surface area contributed by atoms with Gasteiger partial charge in [0.2, 0.25) is 53.2 Å². The number of aliphatic carboxylic acids is 1. The smallest absolute Gasteiger partial charge is 0.326 e. The van der Waals surface area contributed by atoms with Gasteiger partial charge >= 0.3 is 5.97 Å². The molecule has 14 N–H and O–H groups in total. The van der Waals surface area contributed by atoms with E-state index in [4.69, 9.17) is 17.2 Å². The fourth-order valence-electron chi connectivity index (χ4n) is 6.82. The maximum absolute atomic E-state index is 14.0. The molecule has 362 valence electrons. The molecular formula is C41H64N10O12S2. The van der Waals surface area contributed by atoms with Gasteiger partial charge in [0, 0.05) is 30.9 Å². The number of aromatic hydroxyl groups is 1. The molecule has 24 heteroatoms. The number of primary amides is 2. The van der Waals surface area contributed by atoms with E-state index in [1.807, 2.05) is 0 Å². The predicted molar refractivity (Wildman–Crippen MR) is 243 cm³/mol. The lowest BCUT2D eigenvalue weighted by Gasteiger charge is -2.30. The quantitative estimate of drug-likeness (QED) is 0.0401. The maximum Gasteiger partial charge on any atom is 0.326 e. The standard InChI is InChI=1S/C41H64N10O12S2/c1-5-21(4)33(50-37(58)26(46-34(55)24(42)18-64)16-22-8-10-23(52)11-9-22)39(60)45-25(12-13-31(43)53)35(56)47-27(17-32(44)54)36(57)49-29(19-65)40(61)51-14-6-7-30(51)38(59)48-28(41(62)63)15-20(2)3/h8-11,20-21,24-30,33,52,64-65H,5-7,12-19,42H2,1-4H3,(H2,43,53)(H2,44,54)(H,45,60)(H,46,55)(H,47,56)(H,48,59)(H,49,57)(H,50,58)(H,62,63)/t21-,24-,25-,26-,27-,28-,29-,30-,33-/m0/s1. The lowest BCUT2D eigenvalue weighted by Crippen LogP contribution is -2.61. The zero-order chi connectivity index (χ0) is 49.1. The predicted octanol–water partition coefficient (Wildman–Crippen LogP) is -2.66. The van der Waals surface area contributed by atoms with Crippen molar-refractivity contribution < 1.29 is 58.2 Å². The molecule has 22 nitrogen and oxygen atoms in total. The number of nitrogens with two attached hydrogens (primary N) is 3. The number of carbonyl (C=O) groups is 10. The molecule has 1 aromatic carbocycles. The summed E-state index contributed by atoms with van der Waals surface area (Å²) in [5.74, 6) is -10.2. The average Bonchev–Trinajstić information content (AvgIpc) is 3.75. The summed E-state index contributed by atoms with van der Waals surface area (Å²) in [4.78, 5) is 132. The normalized spacial score (nSPS) is 17.2. The SMILES string of the molecule is CC[C@H](C)[C@H](NC(=O)[C@H](Cc1ccc(O)cc1)NC(=O)[C@@H](N)CS)C(=O)N[C@@H](CCC(N)=O)C(=O)N[C@@H](CC(N)=O)C(=O)N[C@@H](CS)C(=O)N1CCC[C@H]1C(=O)N[C@@H](CC(C)C)C(=O)O. The number of carbonyl (C=O) groups excluding carboxylic acids is 9. The molecule has 1 aromatic rings. The summed E-state index contributed by atoms with van der Waals surface area (Å²) in [7, 11) is 0. The molecule has 0 spiro atoms. The van der Waals surface area contributed by atoms with Gasteiger partial charge < -0.3 is 64.2 Å². The Balaban J connectivity index is 2.34. The Morgan fingerprint density at radius 3 is 1.85 bits per heavy atom. The van der Waals surface area contributed by atoms with Crippen molar-refractivity contribution >= 4 is 84.4 Å². The molecule has 65 heavy (non-hydrogen) atoms. The lowest BCUT2D eigenvalue weighted by atomic mass is 9.96. The Morgan fingerprint density at radius 2 is 1.31 bits per heavy atom. The summed E-state index contributed by atoms with van der Waals surface area (Å²) in [6, 6.07) is -4.88. The first kappa shape index (κ1) is 55.5. The number of carboxylic acids is 1. The number of phenolic OH excluding ortho intramolecular Hbond substituents is 1. The number of benzene rings is 1. The molecule has 0 bridgehead atoms. The number of carboxylic acid groups (broad SMARTS) is 1. The van der Waals surface area contributed by atoms with Crippen LogP contribution in [-0.2, 0) is 54.4 Å². The van der Waals surface area contributed by atoms with Crippen molar-refractivity contribution in [2.24, 2.45) is 29.0 Å². The summed E-state index contributed by atoms with van der Waals surface area (Å²) in [6.07, 6.45) is -0.658. The highest BCUT2D eigenvalue weighted by atomic mass is 32.1. The Bertz CT molecular complexity index is 1870. The van der Waals surface area contributed by atoms with E-state index in [1.54, 1.807) is 27.7 Å².